The Morgan fingerprint density at radius 1 is 1.31 bits per heavy atom. The maximum absolute atomic E-state index is 15.6. The number of hydrogen-bond donors (Lipinski definition) is 5. The normalized spacial score (nSPS) is 16.8. The molecule has 42 heavy (non-hydrogen) atoms. The Labute approximate surface area is 246 Å². The number of fused-ring (bicyclic) bond motifs is 2. The van der Waals surface area contributed by atoms with E-state index in [2.05, 4.69) is 58.4 Å². The molecule has 2 aliphatic rings. The first-order chi connectivity index (χ1) is 20.1. The van der Waals surface area contributed by atoms with Crippen LogP contribution in [-0.2, 0) is 4.79 Å². The minimum Gasteiger partial charge on any atom is -0.383 e. The standard InChI is InChI=1S/C30H32FN9OS/c1-29(2,3)15-35-24-17(12-32)13-34-25-20(24)10-18(11-21(25)31)37-26(19-6-4-7-22-27(19)42-16-36-22)23-14-40(39-38-23)30(28(33)41)8-5-9-30/h4,6-7,10-11,13-14,16,26,37-39H,5,8-9,15H2,1-3H3,(H2,33,41)(H,34,35)/t26-/m0/s1. The Hall–Kier alpha value is -4.47. The number of anilines is 2. The van der Waals surface area contributed by atoms with Gasteiger partial charge in [-0.05, 0) is 48.4 Å². The van der Waals surface area contributed by atoms with Crippen molar-refractivity contribution < 1.29 is 9.18 Å². The average molecular weight is 586 g/mol. The van der Waals surface area contributed by atoms with Crippen molar-refractivity contribution in [2.45, 2.75) is 51.6 Å². The zero-order valence-corrected chi connectivity index (χ0v) is 24.4. The van der Waals surface area contributed by atoms with Gasteiger partial charge in [0.15, 0.2) is 5.82 Å². The van der Waals surface area contributed by atoms with Crippen molar-refractivity contribution in [2.24, 2.45) is 11.1 Å². The molecule has 1 aliphatic carbocycles. The van der Waals surface area contributed by atoms with E-state index in [1.54, 1.807) is 10.5 Å². The first kappa shape index (κ1) is 27.7. The number of benzene rings is 2. The van der Waals surface area contributed by atoms with E-state index in [4.69, 9.17) is 5.73 Å². The molecule has 216 valence electrons. The van der Waals surface area contributed by atoms with Crippen LogP contribution in [0.2, 0.25) is 0 Å². The van der Waals surface area contributed by atoms with Gasteiger partial charge in [0.2, 0.25) is 5.91 Å². The first-order valence-corrected chi connectivity index (χ1v) is 14.7. The summed E-state index contributed by atoms with van der Waals surface area (Å²) >= 11 is 1.52. The second-order valence-corrected chi connectivity index (χ2v) is 12.8. The molecule has 0 spiro atoms. The Bertz CT molecular complexity index is 1770. The third kappa shape index (κ3) is 4.84. The monoisotopic (exact) mass is 585 g/mol. The number of primary amides is 1. The highest BCUT2D eigenvalue weighted by atomic mass is 32.1. The summed E-state index contributed by atoms with van der Waals surface area (Å²) in [5, 5.41) is 18.9. The minimum absolute atomic E-state index is 0.0720. The van der Waals surface area contributed by atoms with Gasteiger partial charge in [0.25, 0.3) is 0 Å². The van der Waals surface area contributed by atoms with Crippen molar-refractivity contribution >= 4 is 49.7 Å². The van der Waals surface area contributed by atoms with E-state index in [1.165, 1.54) is 23.6 Å². The summed E-state index contributed by atoms with van der Waals surface area (Å²) in [7, 11) is 0. The number of amides is 1. The van der Waals surface area contributed by atoms with Gasteiger partial charge in [-0.25, -0.2) is 9.37 Å². The molecule has 6 rings (SSSR count). The lowest BCUT2D eigenvalue weighted by Crippen LogP contribution is -2.63. The number of pyridine rings is 1. The molecule has 1 saturated carbocycles. The maximum atomic E-state index is 15.6. The number of rotatable bonds is 8. The second kappa shape index (κ2) is 10.4. The Morgan fingerprint density at radius 3 is 2.81 bits per heavy atom. The van der Waals surface area contributed by atoms with E-state index in [0.717, 1.165) is 27.9 Å². The van der Waals surface area contributed by atoms with Crippen molar-refractivity contribution in [3.05, 3.63) is 70.9 Å². The number of nitrogens with two attached hydrogens (primary N) is 1. The van der Waals surface area contributed by atoms with Crippen LogP contribution in [0, 0.1) is 22.6 Å². The molecule has 0 radical (unpaired) electrons. The van der Waals surface area contributed by atoms with Crippen molar-refractivity contribution in [1.29, 1.82) is 5.26 Å². The highest BCUT2D eigenvalue weighted by Crippen LogP contribution is 2.41. The Kier molecular flexibility index (Phi) is 6.87. The van der Waals surface area contributed by atoms with Crippen molar-refractivity contribution in [1.82, 2.24) is 25.9 Å². The number of aromatic nitrogens is 2. The van der Waals surface area contributed by atoms with E-state index in [1.807, 2.05) is 30.5 Å². The third-order valence-electron chi connectivity index (χ3n) is 7.85. The van der Waals surface area contributed by atoms with Crippen LogP contribution < -0.4 is 27.3 Å². The molecular formula is C30H32FN9OS. The second-order valence-electron chi connectivity index (χ2n) is 12.0. The summed E-state index contributed by atoms with van der Waals surface area (Å²) in [6, 6.07) is 10.8. The van der Waals surface area contributed by atoms with Crippen LogP contribution >= 0.6 is 11.3 Å². The fourth-order valence-electron chi connectivity index (χ4n) is 5.42. The van der Waals surface area contributed by atoms with Gasteiger partial charge in [-0.2, -0.15) is 5.26 Å². The van der Waals surface area contributed by atoms with E-state index in [-0.39, 0.29) is 16.8 Å². The van der Waals surface area contributed by atoms with Crippen LogP contribution in [0.25, 0.3) is 21.1 Å². The number of hydrogen-bond acceptors (Lipinski definition) is 10. The van der Waals surface area contributed by atoms with Crippen LogP contribution in [-0.4, -0.2) is 33.0 Å². The SMILES string of the molecule is CC(C)(C)CNc1c(C#N)cnc2c(F)cc(N[C@H](C3=CN(C4(C(N)=O)CCC4)NN3)c3cccc4ncsc34)cc12. The quantitative estimate of drug-likeness (QED) is 0.192. The lowest BCUT2D eigenvalue weighted by Gasteiger charge is -2.44. The van der Waals surface area contributed by atoms with Crippen LogP contribution in [0.5, 0.6) is 0 Å². The average Bonchev–Trinajstić information content (AvgIpc) is 3.59. The fraction of sp³-hybridized carbons (Fsp3) is 0.333. The lowest BCUT2D eigenvalue weighted by molar-refractivity contribution is -0.136. The van der Waals surface area contributed by atoms with E-state index >= 15 is 4.39 Å². The first-order valence-electron chi connectivity index (χ1n) is 13.8. The Balaban J connectivity index is 1.45. The largest absolute Gasteiger partial charge is 0.383 e. The van der Waals surface area contributed by atoms with Crippen molar-refractivity contribution in [3.8, 4) is 6.07 Å². The van der Waals surface area contributed by atoms with E-state index < -0.39 is 17.4 Å². The summed E-state index contributed by atoms with van der Waals surface area (Å²) < 4.78 is 16.6. The summed E-state index contributed by atoms with van der Waals surface area (Å²) in [6.45, 7) is 6.83. The molecule has 10 nitrogen and oxygen atoms in total. The van der Waals surface area contributed by atoms with Gasteiger partial charge in [0.05, 0.1) is 38.7 Å². The van der Waals surface area contributed by atoms with Gasteiger partial charge in [0.1, 0.15) is 17.1 Å². The number of thiazole rings is 1. The number of carbonyl (C=O) groups excluding carboxylic acids is 1. The van der Waals surface area contributed by atoms with Gasteiger partial charge >= 0.3 is 0 Å². The summed E-state index contributed by atoms with van der Waals surface area (Å²) in [4.78, 5) is 21.2. The van der Waals surface area contributed by atoms with Crippen LogP contribution in [0.3, 0.4) is 0 Å². The lowest BCUT2D eigenvalue weighted by atomic mass is 9.75. The molecule has 1 atom stereocenters. The number of nitrogens with one attached hydrogen (secondary N) is 4. The minimum atomic E-state index is -0.808. The molecule has 6 N–H and O–H groups in total. The Morgan fingerprint density at radius 2 is 2.12 bits per heavy atom. The molecule has 1 aliphatic heterocycles. The predicted octanol–water partition coefficient (Wildman–Crippen LogP) is 5.04. The van der Waals surface area contributed by atoms with Crippen molar-refractivity contribution in [3.63, 3.8) is 0 Å². The molecular weight excluding hydrogens is 553 g/mol. The molecule has 12 heteroatoms. The number of nitrogens with zero attached hydrogens (tertiary/aromatic N) is 4. The van der Waals surface area contributed by atoms with Gasteiger partial charge in [-0.3, -0.25) is 14.8 Å². The third-order valence-corrected chi connectivity index (χ3v) is 8.74. The molecule has 0 unspecified atom stereocenters. The number of carbonyl (C=O) groups is 1. The topological polar surface area (TPSA) is 144 Å². The molecule has 1 fully saturated rings. The van der Waals surface area contributed by atoms with Gasteiger partial charge in [-0.1, -0.05) is 32.9 Å². The summed E-state index contributed by atoms with van der Waals surface area (Å²) in [6.07, 6.45) is 5.46. The molecule has 2 aromatic carbocycles. The predicted molar refractivity (Wildman–Crippen MR) is 162 cm³/mol. The van der Waals surface area contributed by atoms with E-state index in [9.17, 15) is 10.1 Å². The molecule has 4 aromatic rings. The zero-order chi connectivity index (χ0) is 29.6. The van der Waals surface area contributed by atoms with E-state index in [0.29, 0.717) is 41.7 Å². The zero-order valence-electron chi connectivity index (χ0n) is 23.6. The number of nitriles is 1. The van der Waals surface area contributed by atoms with Crippen LogP contribution in [0.4, 0.5) is 15.8 Å². The van der Waals surface area contributed by atoms with Gasteiger partial charge in [-0.15, -0.1) is 16.9 Å². The maximum Gasteiger partial charge on any atom is 0.244 e. The smallest absolute Gasteiger partial charge is 0.244 e. The van der Waals surface area contributed by atoms with Gasteiger partial charge in [0, 0.05) is 30.0 Å². The van der Waals surface area contributed by atoms with Crippen LogP contribution in [0.1, 0.15) is 57.2 Å². The molecule has 0 saturated heterocycles. The molecule has 3 heterocycles. The summed E-state index contributed by atoms with van der Waals surface area (Å²) in [5.41, 5.74) is 17.1. The highest BCUT2D eigenvalue weighted by Gasteiger charge is 2.49. The number of halogens is 1. The number of hydrazine groups is 2. The van der Waals surface area contributed by atoms with Crippen LogP contribution in [0.15, 0.2) is 53.9 Å². The van der Waals surface area contributed by atoms with Gasteiger partial charge < -0.3 is 21.8 Å². The highest BCUT2D eigenvalue weighted by molar-refractivity contribution is 7.17. The molecule has 1 amide bonds. The molecule has 0 bridgehead atoms. The van der Waals surface area contributed by atoms with Crippen molar-refractivity contribution in [2.75, 3.05) is 17.2 Å². The molecule has 2 aromatic heterocycles. The fourth-order valence-corrected chi connectivity index (χ4v) is 6.26. The summed E-state index contributed by atoms with van der Waals surface area (Å²) in [5.74, 6) is -0.898.